The van der Waals surface area contributed by atoms with Gasteiger partial charge < -0.3 is 10.1 Å². The monoisotopic (exact) mass is 398 g/mol. The van der Waals surface area contributed by atoms with Gasteiger partial charge in [0.1, 0.15) is 5.75 Å². The molecular formula is C21H22N2O4S. The molecule has 0 aromatic heterocycles. The van der Waals surface area contributed by atoms with Crippen LogP contribution in [0.25, 0.3) is 10.8 Å². The first kappa shape index (κ1) is 19.7. The largest absolute Gasteiger partial charge is 0.497 e. The molecule has 3 aromatic rings. The van der Waals surface area contributed by atoms with Crippen molar-refractivity contribution in [2.45, 2.75) is 13.5 Å². The summed E-state index contributed by atoms with van der Waals surface area (Å²) in [6.45, 7) is 1.92. The molecule has 0 unspecified atom stereocenters. The van der Waals surface area contributed by atoms with Crippen LogP contribution in [0.15, 0.2) is 60.7 Å². The summed E-state index contributed by atoms with van der Waals surface area (Å²) in [5.74, 6) is 0.497. The Hall–Kier alpha value is -3.06. The molecular weight excluding hydrogens is 376 g/mol. The van der Waals surface area contributed by atoms with Crippen LogP contribution in [0.4, 0.5) is 5.69 Å². The number of hydrogen-bond donors (Lipinski definition) is 2. The van der Waals surface area contributed by atoms with Crippen LogP contribution in [0.2, 0.25) is 0 Å². The van der Waals surface area contributed by atoms with E-state index in [-0.39, 0.29) is 11.7 Å². The summed E-state index contributed by atoms with van der Waals surface area (Å²) < 4.78 is 31.1. The Morgan fingerprint density at radius 1 is 1.00 bits per heavy atom. The van der Waals surface area contributed by atoms with Gasteiger partial charge in [0.05, 0.1) is 12.9 Å². The van der Waals surface area contributed by atoms with Gasteiger partial charge in [-0.15, -0.1) is 0 Å². The fourth-order valence-electron chi connectivity index (χ4n) is 2.77. The number of hydrogen-bond acceptors (Lipinski definition) is 4. The van der Waals surface area contributed by atoms with E-state index < -0.39 is 10.0 Å². The third kappa shape index (κ3) is 4.80. The van der Waals surface area contributed by atoms with Crippen molar-refractivity contribution in [3.8, 4) is 5.75 Å². The molecule has 0 heterocycles. The Balaban J connectivity index is 1.69. The zero-order valence-corrected chi connectivity index (χ0v) is 16.5. The van der Waals surface area contributed by atoms with E-state index in [2.05, 4.69) is 10.0 Å². The van der Waals surface area contributed by atoms with E-state index in [1.54, 1.807) is 32.2 Å². The minimum absolute atomic E-state index is 0.0305. The highest BCUT2D eigenvalue weighted by atomic mass is 32.2. The topological polar surface area (TPSA) is 84.5 Å². The second-order valence-electron chi connectivity index (χ2n) is 6.32. The number of anilines is 1. The SMILES string of the molecule is CCS(=O)(=O)Nc1cccc(C(=O)NCc2ccc3cc(OC)ccc3c2)c1. The number of carbonyl (C=O) groups excluding carboxylic acids is 1. The summed E-state index contributed by atoms with van der Waals surface area (Å²) in [7, 11) is -1.75. The maximum Gasteiger partial charge on any atom is 0.251 e. The van der Waals surface area contributed by atoms with Gasteiger partial charge in [-0.1, -0.05) is 24.3 Å². The van der Waals surface area contributed by atoms with Gasteiger partial charge in [0.15, 0.2) is 0 Å². The lowest BCUT2D eigenvalue weighted by molar-refractivity contribution is 0.0951. The van der Waals surface area contributed by atoms with Gasteiger partial charge in [0, 0.05) is 17.8 Å². The molecule has 7 heteroatoms. The Kier molecular flexibility index (Phi) is 5.84. The fraction of sp³-hybridized carbons (Fsp3) is 0.190. The van der Waals surface area contributed by atoms with Crippen LogP contribution in [0, 0.1) is 0 Å². The van der Waals surface area contributed by atoms with Crippen molar-refractivity contribution in [2.75, 3.05) is 17.6 Å². The first-order chi connectivity index (χ1) is 13.4. The van der Waals surface area contributed by atoms with Crippen LogP contribution in [0.1, 0.15) is 22.8 Å². The Bertz CT molecular complexity index is 1110. The average Bonchev–Trinajstić information content (AvgIpc) is 2.71. The summed E-state index contributed by atoms with van der Waals surface area (Å²) in [5, 5.41) is 4.98. The van der Waals surface area contributed by atoms with Crippen LogP contribution in [-0.4, -0.2) is 27.2 Å². The van der Waals surface area contributed by atoms with Gasteiger partial charge in [-0.3, -0.25) is 9.52 Å². The standard InChI is InChI=1S/C21H22N2O4S/c1-3-28(25,26)23-19-6-4-5-18(12-19)21(24)22-14-15-7-8-17-13-20(27-2)10-9-16(17)11-15/h4-13,23H,3,14H2,1-2H3,(H,22,24). The molecule has 1 amide bonds. The van der Waals surface area contributed by atoms with Crippen LogP contribution >= 0.6 is 0 Å². The van der Waals surface area contributed by atoms with Crippen molar-refractivity contribution in [3.63, 3.8) is 0 Å². The number of methoxy groups -OCH3 is 1. The number of carbonyl (C=O) groups is 1. The molecule has 146 valence electrons. The molecule has 0 atom stereocenters. The van der Waals surface area contributed by atoms with Crippen molar-refractivity contribution >= 4 is 32.4 Å². The van der Waals surface area contributed by atoms with E-state index in [0.717, 1.165) is 22.1 Å². The summed E-state index contributed by atoms with van der Waals surface area (Å²) >= 11 is 0. The smallest absolute Gasteiger partial charge is 0.251 e. The van der Waals surface area contributed by atoms with E-state index in [9.17, 15) is 13.2 Å². The van der Waals surface area contributed by atoms with Crippen LogP contribution < -0.4 is 14.8 Å². The lowest BCUT2D eigenvalue weighted by atomic mass is 10.1. The number of benzene rings is 3. The van der Waals surface area contributed by atoms with Gasteiger partial charge in [-0.2, -0.15) is 0 Å². The average molecular weight is 398 g/mol. The van der Waals surface area contributed by atoms with Crippen molar-refractivity contribution in [3.05, 3.63) is 71.8 Å². The predicted molar refractivity (Wildman–Crippen MR) is 111 cm³/mol. The number of fused-ring (bicyclic) bond motifs is 1. The van der Waals surface area contributed by atoms with Crippen molar-refractivity contribution in [1.82, 2.24) is 5.32 Å². The Morgan fingerprint density at radius 2 is 1.75 bits per heavy atom. The molecule has 0 bridgehead atoms. The van der Waals surface area contributed by atoms with E-state index >= 15 is 0 Å². The summed E-state index contributed by atoms with van der Waals surface area (Å²) in [5.41, 5.74) is 1.73. The number of rotatable bonds is 7. The van der Waals surface area contributed by atoms with Gasteiger partial charge in [0.2, 0.25) is 10.0 Å². The zero-order valence-electron chi connectivity index (χ0n) is 15.7. The summed E-state index contributed by atoms with van der Waals surface area (Å²) in [4.78, 5) is 12.4. The van der Waals surface area contributed by atoms with E-state index in [1.807, 2.05) is 36.4 Å². The normalized spacial score (nSPS) is 11.2. The zero-order chi connectivity index (χ0) is 20.1. The van der Waals surface area contributed by atoms with Gasteiger partial charge in [-0.05, 0) is 59.7 Å². The lowest BCUT2D eigenvalue weighted by Crippen LogP contribution is -2.23. The van der Waals surface area contributed by atoms with E-state index in [0.29, 0.717) is 17.8 Å². The third-order valence-electron chi connectivity index (χ3n) is 4.34. The molecule has 3 rings (SSSR count). The highest BCUT2D eigenvalue weighted by Crippen LogP contribution is 2.22. The molecule has 0 fully saturated rings. The molecule has 0 saturated carbocycles. The molecule has 0 radical (unpaired) electrons. The molecule has 0 aliphatic carbocycles. The second kappa shape index (κ2) is 8.31. The van der Waals surface area contributed by atoms with Crippen molar-refractivity contribution in [2.24, 2.45) is 0 Å². The Labute approximate surface area is 164 Å². The highest BCUT2D eigenvalue weighted by molar-refractivity contribution is 7.92. The molecule has 0 aliphatic rings. The summed E-state index contributed by atoms with van der Waals surface area (Å²) in [6, 6.07) is 18.2. The number of ether oxygens (including phenoxy) is 1. The second-order valence-corrected chi connectivity index (χ2v) is 8.33. The van der Waals surface area contributed by atoms with E-state index in [4.69, 9.17) is 4.74 Å². The van der Waals surface area contributed by atoms with E-state index in [1.165, 1.54) is 6.07 Å². The molecule has 28 heavy (non-hydrogen) atoms. The molecule has 3 aromatic carbocycles. The highest BCUT2D eigenvalue weighted by Gasteiger charge is 2.10. The van der Waals surface area contributed by atoms with Crippen LogP contribution in [0.5, 0.6) is 5.75 Å². The third-order valence-corrected chi connectivity index (χ3v) is 5.65. The predicted octanol–water partition coefficient (Wildman–Crippen LogP) is 3.54. The Morgan fingerprint density at radius 3 is 2.50 bits per heavy atom. The molecule has 2 N–H and O–H groups in total. The maximum atomic E-state index is 12.4. The quantitative estimate of drug-likeness (QED) is 0.638. The van der Waals surface area contributed by atoms with Gasteiger partial charge >= 0.3 is 0 Å². The fourth-order valence-corrected chi connectivity index (χ4v) is 3.40. The molecule has 0 spiro atoms. The van der Waals surface area contributed by atoms with Crippen molar-refractivity contribution < 1.29 is 17.9 Å². The number of nitrogens with one attached hydrogen (secondary N) is 2. The minimum Gasteiger partial charge on any atom is -0.497 e. The maximum absolute atomic E-state index is 12.4. The van der Waals surface area contributed by atoms with Crippen LogP contribution in [0.3, 0.4) is 0 Å². The van der Waals surface area contributed by atoms with Gasteiger partial charge in [0.25, 0.3) is 5.91 Å². The lowest BCUT2D eigenvalue weighted by Gasteiger charge is -2.10. The summed E-state index contributed by atoms with van der Waals surface area (Å²) in [6.07, 6.45) is 0. The van der Waals surface area contributed by atoms with Crippen LogP contribution in [-0.2, 0) is 16.6 Å². The number of sulfonamides is 1. The molecule has 6 nitrogen and oxygen atoms in total. The molecule has 0 aliphatic heterocycles. The van der Waals surface area contributed by atoms with Gasteiger partial charge in [-0.25, -0.2) is 8.42 Å². The number of amides is 1. The first-order valence-electron chi connectivity index (χ1n) is 8.85. The molecule has 0 saturated heterocycles. The minimum atomic E-state index is -3.39. The van der Waals surface area contributed by atoms with Crippen molar-refractivity contribution in [1.29, 1.82) is 0 Å². The first-order valence-corrected chi connectivity index (χ1v) is 10.5.